The van der Waals surface area contributed by atoms with E-state index >= 15 is 0 Å². The molecule has 1 aliphatic heterocycles. The molecule has 31 heavy (non-hydrogen) atoms. The molecule has 0 aliphatic carbocycles. The molecule has 0 spiro atoms. The Labute approximate surface area is 185 Å². The molecule has 1 saturated heterocycles. The van der Waals surface area contributed by atoms with E-state index < -0.39 is 11.4 Å². The van der Waals surface area contributed by atoms with Gasteiger partial charge in [-0.1, -0.05) is 36.4 Å². The first-order valence-electron chi connectivity index (χ1n) is 10.2. The smallest absolute Gasteiger partial charge is 0.254 e. The first kappa shape index (κ1) is 21.1. The Bertz CT molecular complexity index is 1020. The topological polar surface area (TPSA) is 67.9 Å². The van der Waals surface area contributed by atoms with Gasteiger partial charge < -0.3 is 19.1 Å². The second kappa shape index (κ2) is 9.76. The molecule has 4 rings (SSSR count). The molecule has 6 nitrogen and oxygen atoms in total. The number of nitrogens with one attached hydrogen (secondary N) is 1. The summed E-state index contributed by atoms with van der Waals surface area (Å²) < 4.78 is 21.1. The van der Waals surface area contributed by atoms with Crippen molar-refractivity contribution in [2.45, 2.75) is 4.90 Å². The summed E-state index contributed by atoms with van der Waals surface area (Å²) in [5.74, 6) is 0.572. The molecule has 0 aromatic heterocycles. The quantitative estimate of drug-likeness (QED) is 0.597. The van der Waals surface area contributed by atoms with Crippen LogP contribution in [0.4, 0.5) is 11.4 Å². The predicted molar refractivity (Wildman–Crippen MR) is 124 cm³/mol. The van der Waals surface area contributed by atoms with Crippen molar-refractivity contribution in [2.75, 3.05) is 42.9 Å². The summed E-state index contributed by atoms with van der Waals surface area (Å²) in [4.78, 5) is 17.7. The molecule has 1 N–H and O–H groups in total. The van der Waals surface area contributed by atoms with Crippen LogP contribution in [-0.2, 0) is 11.4 Å². The third-order valence-corrected chi connectivity index (χ3v) is 6.38. The highest BCUT2D eigenvalue weighted by Gasteiger charge is 2.24. The molecule has 1 unspecified atom stereocenters. The molecule has 0 saturated carbocycles. The van der Waals surface area contributed by atoms with Crippen molar-refractivity contribution in [3.63, 3.8) is 0 Å². The number of hydrogen-bond acceptors (Lipinski definition) is 5. The molecule has 1 atom stereocenters. The number of piperazine rings is 1. The Balaban J connectivity index is 1.41. The molecule has 3 aromatic rings. The Morgan fingerprint density at radius 2 is 1.65 bits per heavy atom. The lowest BCUT2D eigenvalue weighted by molar-refractivity contribution is 0.0746. The van der Waals surface area contributed by atoms with Gasteiger partial charge in [0.1, 0.15) is 22.8 Å². The summed E-state index contributed by atoms with van der Waals surface area (Å²) >= 11 is -1.52. The Morgan fingerprint density at radius 1 is 0.935 bits per heavy atom. The number of methoxy groups -OCH3 is 1. The van der Waals surface area contributed by atoms with E-state index in [0.29, 0.717) is 35.0 Å². The minimum atomic E-state index is -1.52. The Kier molecular flexibility index (Phi) is 6.64. The summed E-state index contributed by atoms with van der Waals surface area (Å²) in [7, 11) is 1.57. The summed E-state index contributed by atoms with van der Waals surface area (Å²) in [6.07, 6.45) is 0. The monoisotopic (exact) mass is 435 g/mol. The molecule has 7 heteroatoms. The molecular weight excluding hydrogens is 410 g/mol. The van der Waals surface area contributed by atoms with E-state index in [4.69, 9.17) is 4.74 Å². The van der Waals surface area contributed by atoms with Crippen LogP contribution < -0.4 is 14.4 Å². The molecule has 1 heterocycles. The zero-order valence-corrected chi connectivity index (χ0v) is 18.2. The average Bonchev–Trinajstić information content (AvgIpc) is 2.84. The average molecular weight is 436 g/mol. The Morgan fingerprint density at radius 3 is 2.39 bits per heavy atom. The number of rotatable bonds is 6. The third kappa shape index (κ3) is 4.95. The van der Waals surface area contributed by atoms with Gasteiger partial charge in [0.05, 0.1) is 7.11 Å². The number of para-hydroxylation sites is 3. The van der Waals surface area contributed by atoms with Crippen LogP contribution in [0.2, 0.25) is 0 Å². The lowest BCUT2D eigenvalue weighted by Gasteiger charge is -2.36. The van der Waals surface area contributed by atoms with Crippen LogP contribution in [-0.4, -0.2) is 48.6 Å². The fraction of sp³-hybridized carbons (Fsp3) is 0.208. The number of benzene rings is 3. The fourth-order valence-electron chi connectivity index (χ4n) is 3.62. The summed E-state index contributed by atoms with van der Waals surface area (Å²) in [6, 6.07) is 24.5. The van der Waals surface area contributed by atoms with Crippen LogP contribution in [0.15, 0.2) is 83.8 Å². The normalized spacial score (nSPS) is 14.8. The molecule has 3 aromatic carbocycles. The van der Waals surface area contributed by atoms with Crippen LogP contribution in [0, 0.1) is 0 Å². The third-order valence-electron chi connectivity index (χ3n) is 5.29. The van der Waals surface area contributed by atoms with Gasteiger partial charge in [-0.2, -0.15) is 4.72 Å². The van der Waals surface area contributed by atoms with E-state index in [1.807, 2.05) is 35.2 Å². The number of hydrogen-bond donors (Lipinski definition) is 1. The number of anilines is 2. The second-order valence-electron chi connectivity index (χ2n) is 7.21. The van der Waals surface area contributed by atoms with E-state index in [-0.39, 0.29) is 5.91 Å². The molecule has 0 bridgehead atoms. The largest absolute Gasteiger partial charge is 0.588 e. The van der Waals surface area contributed by atoms with Crippen molar-refractivity contribution in [3.05, 3.63) is 84.4 Å². The van der Waals surface area contributed by atoms with E-state index in [1.54, 1.807) is 43.5 Å². The van der Waals surface area contributed by atoms with Crippen molar-refractivity contribution in [3.8, 4) is 5.75 Å². The van der Waals surface area contributed by atoms with Crippen LogP contribution in [0.1, 0.15) is 10.4 Å². The first-order chi connectivity index (χ1) is 15.2. The fourth-order valence-corrected chi connectivity index (χ4v) is 4.54. The number of carbonyl (C=O) groups is 1. The minimum absolute atomic E-state index is 0.0381. The zero-order valence-electron chi connectivity index (χ0n) is 17.4. The number of carbonyl (C=O) groups excluding carboxylic acids is 1. The molecule has 160 valence electrons. The van der Waals surface area contributed by atoms with E-state index in [1.165, 1.54) is 5.69 Å². The van der Waals surface area contributed by atoms with Gasteiger partial charge in [0.25, 0.3) is 5.91 Å². The van der Waals surface area contributed by atoms with Crippen molar-refractivity contribution >= 4 is 28.6 Å². The minimum Gasteiger partial charge on any atom is -0.588 e. The van der Waals surface area contributed by atoms with Gasteiger partial charge >= 0.3 is 0 Å². The van der Waals surface area contributed by atoms with E-state index in [2.05, 4.69) is 21.8 Å². The maximum atomic E-state index is 13.0. The van der Waals surface area contributed by atoms with Crippen molar-refractivity contribution in [1.82, 2.24) is 4.90 Å². The van der Waals surface area contributed by atoms with Crippen LogP contribution >= 0.6 is 0 Å². The highest BCUT2D eigenvalue weighted by atomic mass is 32.2. The SMILES string of the molecule is COc1ccccc1N[S+]([O-])c1cccc(C(=O)N2CCN(c3ccccc3)CC2)c1. The Hall–Kier alpha value is -3.16. The molecular formula is C24H25N3O3S. The molecule has 1 amide bonds. The van der Waals surface area contributed by atoms with Gasteiger partial charge in [-0.05, 0) is 36.4 Å². The number of ether oxygens (including phenoxy) is 1. The van der Waals surface area contributed by atoms with Crippen LogP contribution in [0.25, 0.3) is 0 Å². The second-order valence-corrected chi connectivity index (χ2v) is 8.43. The van der Waals surface area contributed by atoms with Crippen LogP contribution in [0.3, 0.4) is 0 Å². The summed E-state index contributed by atoms with van der Waals surface area (Å²) in [6.45, 7) is 2.88. The number of amides is 1. The zero-order chi connectivity index (χ0) is 21.6. The first-order valence-corrected chi connectivity index (χ1v) is 11.3. The lowest BCUT2D eigenvalue weighted by atomic mass is 10.1. The summed E-state index contributed by atoms with van der Waals surface area (Å²) in [5, 5.41) is 0. The van der Waals surface area contributed by atoms with E-state index in [9.17, 15) is 9.35 Å². The number of nitrogens with zero attached hydrogens (tertiary/aromatic N) is 2. The molecule has 0 radical (unpaired) electrons. The van der Waals surface area contributed by atoms with Crippen molar-refractivity contribution < 1.29 is 14.1 Å². The van der Waals surface area contributed by atoms with Gasteiger partial charge in [0, 0.05) is 43.5 Å². The van der Waals surface area contributed by atoms with Gasteiger partial charge in [-0.15, -0.1) is 0 Å². The van der Waals surface area contributed by atoms with Gasteiger partial charge in [0.2, 0.25) is 0 Å². The maximum Gasteiger partial charge on any atom is 0.254 e. The van der Waals surface area contributed by atoms with Gasteiger partial charge in [-0.3, -0.25) is 4.79 Å². The highest BCUT2D eigenvalue weighted by Crippen LogP contribution is 2.26. The highest BCUT2D eigenvalue weighted by molar-refractivity contribution is 7.92. The van der Waals surface area contributed by atoms with Gasteiger partial charge in [0.15, 0.2) is 4.90 Å². The summed E-state index contributed by atoms with van der Waals surface area (Å²) in [5.41, 5.74) is 2.35. The molecule has 1 fully saturated rings. The standard InChI is InChI=1S/C24H25N3O3S/c1-30-23-13-6-5-12-22(23)25-31(29)21-11-7-8-19(18-21)24(28)27-16-14-26(15-17-27)20-9-3-2-4-10-20/h2-13,18,25H,14-17H2,1H3. The van der Waals surface area contributed by atoms with Gasteiger partial charge in [-0.25, -0.2) is 0 Å². The predicted octanol–water partition coefficient (Wildman–Crippen LogP) is 3.79. The van der Waals surface area contributed by atoms with Crippen LogP contribution in [0.5, 0.6) is 5.75 Å². The van der Waals surface area contributed by atoms with Crippen molar-refractivity contribution in [1.29, 1.82) is 0 Å². The van der Waals surface area contributed by atoms with E-state index in [0.717, 1.165) is 13.1 Å². The van der Waals surface area contributed by atoms with Crippen molar-refractivity contribution in [2.24, 2.45) is 0 Å². The maximum absolute atomic E-state index is 13.0. The molecule has 1 aliphatic rings. The lowest BCUT2D eigenvalue weighted by Crippen LogP contribution is -2.48.